The van der Waals surface area contributed by atoms with Crippen LogP contribution >= 0.6 is 0 Å². The fraction of sp³-hybridized carbons (Fsp3) is 0.600. The second kappa shape index (κ2) is 8.53. The molecule has 0 radical (unpaired) electrons. The summed E-state index contributed by atoms with van der Waals surface area (Å²) in [5, 5.41) is 2.82. The lowest BCUT2D eigenvalue weighted by Gasteiger charge is -2.10. The number of carbonyl (C=O) groups is 1. The summed E-state index contributed by atoms with van der Waals surface area (Å²) in [5.41, 5.74) is 6.84. The van der Waals surface area contributed by atoms with Crippen LogP contribution in [0.3, 0.4) is 0 Å². The molecule has 1 heterocycles. The van der Waals surface area contributed by atoms with E-state index in [4.69, 9.17) is 10.5 Å². The highest BCUT2D eigenvalue weighted by molar-refractivity contribution is 5.76. The van der Waals surface area contributed by atoms with Gasteiger partial charge in [-0.2, -0.15) is 0 Å². The third-order valence-corrected chi connectivity index (χ3v) is 2.84. The highest BCUT2D eigenvalue weighted by Crippen LogP contribution is 2.11. The van der Waals surface area contributed by atoms with Gasteiger partial charge < -0.3 is 15.8 Å². The van der Waals surface area contributed by atoms with Crippen LogP contribution in [0.25, 0.3) is 0 Å². The lowest BCUT2D eigenvalue weighted by atomic mass is 10.1. The summed E-state index contributed by atoms with van der Waals surface area (Å²) in [6.45, 7) is 6.28. The smallest absolute Gasteiger partial charge is 0.223 e. The fourth-order valence-electron chi connectivity index (χ4n) is 1.69. The van der Waals surface area contributed by atoms with Crippen LogP contribution in [0.15, 0.2) is 18.3 Å². The van der Waals surface area contributed by atoms with Gasteiger partial charge in [0.25, 0.3) is 0 Å². The van der Waals surface area contributed by atoms with Gasteiger partial charge in [-0.25, -0.2) is 0 Å². The second-order valence-corrected chi connectivity index (χ2v) is 5.18. The van der Waals surface area contributed by atoms with Gasteiger partial charge in [-0.15, -0.1) is 0 Å². The zero-order valence-corrected chi connectivity index (χ0v) is 12.6. The standard InChI is InChI=1S/C15H25N3O2/c1-4-12(16)9-13-5-6-14(10-17-13)20-8-7-15(19)18-11(2)3/h5-6,10-12H,4,7-9,16H2,1-3H3,(H,18,19). The number of hydrogen-bond donors (Lipinski definition) is 2. The minimum atomic E-state index is -0.00139. The van der Waals surface area contributed by atoms with E-state index in [-0.39, 0.29) is 18.0 Å². The average Bonchev–Trinajstić information content (AvgIpc) is 2.39. The lowest BCUT2D eigenvalue weighted by molar-refractivity contribution is -0.122. The number of amides is 1. The highest BCUT2D eigenvalue weighted by Gasteiger charge is 2.05. The van der Waals surface area contributed by atoms with Gasteiger partial charge in [0.2, 0.25) is 5.91 Å². The maximum atomic E-state index is 11.4. The number of carbonyl (C=O) groups excluding carboxylic acids is 1. The van der Waals surface area contributed by atoms with E-state index in [9.17, 15) is 4.79 Å². The van der Waals surface area contributed by atoms with Crippen LogP contribution in [0.5, 0.6) is 5.75 Å². The topological polar surface area (TPSA) is 77.2 Å². The molecule has 0 bridgehead atoms. The van der Waals surface area contributed by atoms with Crippen molar-refractivity contribution in [3.63, 3.8) is 0 Å². The first-order valence-electron chi connectivity index (χ1n) is 7.14. The number of hydrogen-bond acceptors (Lipinski definition) is 4. The minimum Gasteiger partial charge on any atom is -0.491 e. The van der Waals surface area contributed by atoms with E-state index in [0.717, 1.165) is 18.5 Å². The summed E-state index contributed by atoms with van der Waals surface area (Å²) in [6.07, 6.45) is 3.73. The molecule has 0 fully saturated rings. The van der Waals surface area contributed by atoms with Gasteiger partial charge in [0, 0.05) is 24.2 Å². The number of nitrogens with one attached hydrogen (secondary N) is 1. The number of pyridine rings is 1. The van der Waals surface area contributed by atoms with Crippen LogP contribution < -0.4 is 15.8 Å². The van der Waals surface area contributed by atoms with Gasteiger partial charge in [-0.3, -0.25) is 9.78 Å². The van der Waals surface area contributed by atoms with E-state index >= 15 is 0 Å². The summed E-state index contributed by atoms with van der Waals surface area (Å²) in [4.78, 5) is 15.7. The Hall–Kier alpha value is -1.62. The number of aromatic nitrogens is 1. The molecule has 5 heteroatoms. The Morgan fingerprint density at radius 2 is 2.20 bits per heavy atom. The van der Waals surface area contributed by atoms with E-state index < -0.39 is 0 Å². The van der Waals surface area contributed by atoms with E-state index in [1.165, 1.54) is 0 Å². The molecule has 1 atom stereocenters. The lowest BCUT2D eigenvalue weighted by Crippen LogP contribution is -2.31. The predicted octanol–water partition coefficient (Wildman–Crippen LogP) is 1.65. The second-order valence-electron chi connectivity index (χ2n) is 5.18. The average molecular weight is 279 g/mol. The Morgan fingerprint density at radius 3 is 2.75 bits per heavy atom. The van der Waals surface area contributed by atoms with Gasteiger partial charge in [0.05, 0.1) is 19.2 Å². The molecule has 1 aromatic heterocycles. The molecule has 0 aliphatic heterocycles. The molecule has 1 unspecified atom stereocenters. The van der Waals surface area contributed by atoms with Crippen molar-refractivity contribution in [3.8, 4) is 5.75 Å². The monoisotopic (exact) mass is 279 g/mol. The van der Waals surface area contributed by atoms with E-state index in [0.29, 0.717) is 18.8 Å². The largest absolute Gasteiger partial charge is 0.491 e. The van der Waals surface area contributed by atoms with E-state index in [1.807, 2.05) is 26.0 Å². The molecule has 5 nitrogen and oxygen atoms in total. The van der Waals surface area contributed by atoms with Gasteiger partial charge >= 0.3 is 0 Å². The Balaban J connectivity index is 2.33. The molecule has 112 valence electrons. The first kappa shape index (κ1) is 16.4. The summed E-state index contributed by atoms with van der Waals surface area (Å²) < 4.78 is 5.49. The van der Waals surface area contributed by atoms with Crippen LogP contribution in [0.4, 0.5) is 0 Å². The van der Waals surface area contributed by atoms with Gasteiger partial charge in [0.1, 0.15) is 5.75 Å². The van der Waals surface area contributed by atoms with Crippen molar-refractivity contribution in [2.24, 2.45) is 5.73 Å². The van der Waals surface area contributed by atoms with Crippen molar-refractivity contribution in [1.29, 1.82) is 0 Å². The Bertz CT molecular complexity index is 404. The highest BCUT2D eigenvalue weighted by atomic mass is 16.5. The van der Waals surface area contributed by atoms with Crippen molar-refractivity contribution in [2.45, 2.75) is 52.1 Å². The van der Waals surface area contributed by atoms with Crippen LogP contribution in [-0.4, -0.2) is 29.6 Å². The molecule has 0 saturated carbocycles. The number of nitrogens with two attached hydrogens (primary N) is 1. The van der Waals surface area contributed by atoms with Gasteiger partial charge in [-0.1, -0.05) is 6.92 Å². The zero-order chi connectivity index (χ0) is 15.0. The molecule has 0 aliphatic rings. The Labute approximate surface area is 120 Å². The van der Waals surface area contributed by atoms with Crippen LogP contribution in [-0.2, 0) is 11.2 Å². The molecule has 20 heavy (non-hydrogen) atoms. The van der Waals surface area contributed by atoms with E-state index in [1.54, 1.807) is 6.20 Å². The third kappa shape index (κ3) is 6.52. The first-order valence-corrected chi connectivity index (χ1v) is 7.14. The Morgan fingerprint density at radius 1 is 1.45 bits per heavy atom. The summed E-state index contributed by atoms with van der Waals surface area (Å²) in [5.74, 6) is 0.676. The number of ether oxygens (including phenoxy) is 1. The molecular formula is C15H25N3O2. The maximum Gasteiger partial charge on any atom is 0.223 e. The molecule has 0 aliphatic carbocycles. The van der Waals surface area contributed by atoms with Crippen molar-refractivity contribution in [3.05, 3.63) is 24.0 Å². The van der Waals surface area contributed by atoms with E-state index in [2.05, 4.69) is 17.2 Å². The molecule has 0 aromatic carbocycles. The Kier molecular flexibility index (Phi) is 7.01. The molecule has 1 aromatic rings. The summed E-state index contributed by atoms with van der Waals surface area (Å²) >= 11 is 0. The van der Waals surface area contributed by atoms with Crippen molar-refractivity contribution < 1.29 is 9.53 Å². The predicted molar refractivity (Wildman–Crippen MR) is 79.6 cm³/mol. The molecule has 0 saturated heterocycles. The van der Waals surface area contributed by atoms with Crippen LogP contribution in [0.1, 0.15) is 39.3 Å². The summed E-state index contributed by atoms with van der Waals surface area (Å²) in [6, 6.07) is 4.09. The number of nitrogens with zero attached hydrogens (tertiary/aromatic N) is 1. The third-order valence-electron chi connectivity index (χ3n) is 2.84. The van der Waals surface area contributed by atoms with Crippen molar-refractivity contribution in [1.82, 2.24) is 10.3 Å². The first-order chi connectivity index (χ1) is 9.51. The molecule has 3 N–H and O–H groups in total. The maximum absolute atomic E-state index is 11.4. The van der Waals surface area contributed by atoms with Crippen LogP contribution in [0.2, 0.25) is 0 Å². The molecule has 0 spiro atoms. The minimum absolute atomic E-state index is 0.00139. The quantitative estimate of drug-likeness (QED) is 0.758. The van der Waals surface area contributed by atoms with Crippen molar-refractivity contribution >= 4 is 5.91 Å². The fourth-order valence-corrected chi connectivity index (χ4v) is 1.69. The SMILES string of the molecule is CCC(N)Cc1ccc(OCCC(=O)NC(C)C)cn1. The molecule has 1 rings (SSSR count). The molecule has 1 amide bonds. The normalized spacial score (nSPS) is 12.2. The van der Waals surface area contributed by atoms with Crippen molar-refractivity contribution in [2.75, 3.05) is 6.61 Å². The summed E-state index contributed by atoms with van der Waals surface area (Å²) in [7, 11) is 0. The molecular weight excluding hydrogens is 254 g/mol. The van der Waals surface area contributed by atoms with Gasteiger partial charge in [0.15, 0.2) is 0 Å². The zero-order valence-electron chi connectivity index (χ0n) is 12.6. The number of rotatable bonds is 8. The van der Waals surface area contributed by atoms with Gasteiger partial charge in [-0.05, 0) is 32.4 Å². The van der Waals surface area contributed by atoms with Crippen LogP contribution in [0, 0.1) is 0 Å².